The van der Waals surface area contributed by atoms with Crippen LogP contribution in [0.4, 0.5) is 5.69 Å². The second kappa shape index (κ2) is 4.05. The summed E-state index contributed by atoms with van der Waals surface area (Å²) in [5, 5.41) is 10.1. The first kappa shape index (κ1) is 10.1. The van der Waals surface area contributed by atoms with Crippen molar-refractivity contribution >= 4 is 21.6 Å². The van der Waals surface area contributed by atoms with Crippen molar-refractivity contribution in [3.05, 3.63) is 38.9 Å². The summed E-state index contributed by atoms with van der Waals surface area (Å²) in [7, 11) is 0. The molecule has 11 heavy (non-hydrogen) atoms. The molecule has 0 aliphatic heterocycles. The fourth-order valence-corrected chi connectivity index (χ4v) is 0.977. The summed E-state index contributed by atoms with van der Waals surface area (Å²) in [6.07, 6.45) is 0. The minimum atomic E-state index is -0.426. The topological polar surface area (TPSA) is 78.1 Å². The van der Waals surface area contributed by atoms with E-state index in [1.165, 1.54) is 12.1 Å². The summed E-state index contributed by atoms with van der Waals surface area (Å²) in [5.74, 6) is 0. The van der Waals surface area contributed by atoms with Crippen LogP contribution < -0.4 is 6.15 Å². The molecular formula is C6H7BrN2O2. The summed E-state index contributed by atoms with van der Waals surface area (Å²) in [6, 6.07) is 6.28. The quantitative estimate of drug-likeness (QED) is 0.582. The largest absolute Gasteiger partial charge is 0.344 e. The second-order valence-electron chi connectivity index (χ2n) is 1.74. The van der Waals surface area contributed by atoms with Crippen LogP contribution in [0.3, 0.4) is 0 Å². The first-order valence-corrected chi connectivity index (χ1v) is 3.39. The molecule has 0 radical (unpaired) electrons. The van der Waals surface area contributed by atoms with Gasteiger partial charge in [-0.25, -0.2) is 0 Å². The van der Waals surface area contributed by atoms with Crippen LogP contribution in [0.5, 0.6) is 0 Å². The number of nitro benzene ring substituents is 1. The van der Waals surface area contributed by atoms with Crippen LogP contribution in [0.1, 0.15) is 0 Å². The normalized spacial score (nSPS) is 8.45. The number of non-ortho nitro benzene ring substituents is 1. The van der Waals surface area contributed by atoms with Gasteiger partial charge >= 0.3 is 0 Å². The molecule has 60 valence electrons. The zero-order valence-electron chi connectivity index (χ0n) is 5.66. The Hall–Kier alpha value is -0.940. The van der Waals surface area contributed by atoms with E-state index in [4.69, 9.17) is 0 Å². The molecule has 0 saturated heterocycles. The maximum absolute atomic E-state index is 10.1. The minimum absolute atomic E-state index is 0. The molecule has 0 aliphatic rings. The maximum Gasteiger partial charge on any atom is 0.270 e. The average molecular weight is 219 g/mol. The molecule has 0 atom stereocenters. The highest BCUT2D eigenvalue weighted by atomic mass is 79.9. The molecule has 1 aromatic rings. The van der Waals surface area contributed by atoms with E-state index < -0.39 is 4.92 Å². The first-order valence-electron chi connectivity index (χ1n) is 2.60. The Morgan fingerprint density at radius 1 is 1.45 bits per heavy atom. The third kappa shape index (κ3) is 2.65. The van der Waals surface area contributed by atoms with Crippen molar-refractivity contribution in [1.82, 2.24) is 6.15 Å². The summed E-state index contributed by atoms with van der Waals surface area (Å²) in [6.45, 7) is 0. The Morgan fingerprint density at radius 3 is 2.45 bits per heavy atom. The zero-order chi connectivity index (χ0) is 7.56. The molecule has 0 aromatic heterocycles. The molecule has 3 N–H and O–H groups in total. The number of hydrogen-bond donors (Lipinski definition) is 1. The van der Waals surface area contributed by atoms with E-state index in [1.807, 2.05) is 0 Å². The molecule has 4 nitrogen and oxygen atoms in total. The zero-order valence-corrected chi connectivity index (χ0v) is 7.24. The number of rotatable bonds is 1. The predicted octanol–water partition coefficient (Wildman–Crippen LogP) is 2.52. The number of nitro groups is 1. The Kier molecular flexibility index (Phi) is 3.70. The van der Waals surface area contributed by atoms with Crippen LogP contribution in [0, 0.1) is 10.1 Å². The highest BCUT2D eigenvalue weighted by Crippen LogP contribution is 2.16. The van der Waals surface area contributed by atoms with Crippen LogP contribution in [-0.4, -0.2) is 4.92 Å². The van der Waals surface area contributed by atoms with E-state index in [2.05, 4.69) is 15.9 Å². The van der Waals surface area contributed by atoms with Crippen molar-refractivity contribution < 1.29 is 4.92 Å². The van der Waals surface area contributed by atoms with Gasteiger partial charge in [-0.15, -0.1) is 0 Å². The fraction of sp³-hybridized carbons (Fsp3) is 0. The summed E-state index contributed by atoms with van der Waals surface area (Å²) in [5.41, 5.74) is 0.106. The monoisotopic (exact) mass is 218 g/mol. The summed E-state index contributed by atoms with van der Waals surface area (Å²) >= 11 is 3.13. The SMILES string of the molecule is N.O=[N+]([O-])c1cccc(Br)c1. The molecule has 0 bridgehead atoms. The van der Waals surface area contributed by atoms with Crippen molar-refractivity contribution in [1.29, 1.82) is 0 Å². The molecule has 0 heterocycles. The van der Waals surface area contributed by atoms with Crippen molar-refractivity contribution in [2.24, 2.45) is 0 Å². The van der Waals surface area contributed by atoms with Gasteiger partial charge in [-0.1, -0.05) is 22.0 Å². The lowest BCUT2D eigenvalue weighted by Gasteiger charge is -1.89. The van der Waals surface area contributed by atoms with Gasteiger partial charge in [0.2, 0.25) is 0 Å². The Morgan fingerprint density at radius 2 is 2.09 bits per heavy atom. The van der Waals surface area contributed by atoms with Crippen LogP contribution in [0.15, 0.2) is 28.7 Å². The third-order valence-electron chi connectivity index (χ3n) is 1.02. The summed E-state index contributed by atoms with van der Waals surface area (Å²) in [4.78, 5) is 9.71. The van der Waals surface area contributed by atoms with Crippen molar-refractivity contribution in [2.75, 3.05) is 0 Å². The van der Waals surface area contributed by atoms with E-state index in [-0.39, 0.29) is 11.8 Å². The molecule has 0 spiro atoms. The Labute approximate surface area is 72.1 Å². The minimum Gasteiger partial charge on any atom is -0.344 e. The molecule has 1 aromatic carbocycles. The Balaban J connectivity index is 0.000001000. The second-order valence-corrected chi connectivity index (χ2v) is 2.65. The van der Waals surface area contributed by atoms with Gasteiger partial charge in [0.05, 0.1) is 4.92 Å². The van der Waals surface area contributed by atoms with E-state index in [0.29, 0.717) is 0 Å². The molecule has 0 amide bonds. The molecule has 0 fully saturated rings. The van der Waals surface area contributed by atoms with E-state index >= 15 is 0 Å². The molecule has 0 unspecified atom stereocenters. The number of benzene rings is 1. The predicted molar refractivity (Wildman–Crippen MR) is 45.8 cm³/mol. The molecule has 0 aliphatic carbocycles. The van der Waals surface area contributed by atoms with Crippen molar-refractivity contribution in [2.45, 2.75) is 0 Å². The van der Waals surface area contributed by atoms with Crippen LogP contribution in [0.25, 0.3) is 0 Å². The van der Waals surface area contributed by atoms with Crippen molar-refractivity contribution in [3.8, 4) is 0 Å². The van der Waals surface area contributed by atoms with Crippen LogP contribution >= 0.6 is 15.9 Å². The van der Waals surface area contributed by atoms with Crippen molar-refractivity contribution in [3.63, 3.8) is 0 Å². The molecular weight excluding hydrogens is 212 g/mol. The lowest BCUT2D eigenvalue weighted by atomic mass is 10.3. The molecule has 0 saturated carbocycles. The Bertz CT molecular complexity index is 265. The van der Waals surface area contributed by atoms with Gasteiger partial charge in [-0.2, -0.15) is 0 Å². The smallest absolute Gasteiger partial charge is 0.270 e. The van der Waals surface area contributed by atoms with Gasteiger partial charge < -0.3 is 6.15 Å². The highest BCUT2D eigenvalue weighted by molar-refractivity contribution is 9.10. The lowest BCUT2D eigenvalue weighted by molar-refractivity contribution is -0.384. The van der Waals surface area contributed by atoms with Crippen LogP contribution in [-0.2, 0) is 0 Å². The van der Waals surface area contributed by atoms with Gasteiger partial charge in [0.15, 0.2) is 0 Å². The number of nitrogens with zero attached hydrogens (tertiary/aromatic N) is 1. The van der Waals surface area contributed by atoms with E-state index in [1.54, 1.807) is 12.1 Å². The number of halogens is 1. The number of hydrogen-bond acceptors (Lipinski definition) is 3. The average Bonchev–Trinajstić information content (AvgIpc) is 1.88. The lowest BCUT2D eigenvalue weighted by Crippen LogP contribution is -1.85. The fourth-order valence-electron chi connectivity index (χ4n) is 0.590. The van der Waals surface area contributed by atoms with Gasteiger partial charge in [-0.3, -0.25) is 10.1 Å². The molecule has 1 rings (SSSR count). The van der Waals surface area contributed by atoms with Gasteiger partial charge in [-0.05, 0) is 6.07 Å². The van der Waals surface area contributed by atoms with Gasteiger partial charge in [0.1, 0.15) is 0 Å². The molecule has 5 heteroatoms. The van der Waals surface area contributed by atoms with Gasteiger partial charge in [0, 0.05) is 16.6 Å². The maximum atomic E-state index is 10.1. The van der Waals surface area contributed by atoms with Crippen LogP contribution in [0.2, 0.25) is 0 Å². The standard InChI is InChI=1S/C6H4BrNO2.H3N/c7-5-2-1-3-6(4-5)8(9)10;/h1-4H;1H3. The summed E-state index contributed by atoms with van der Waals surface area (Å²) < 4.78 is 0.724. The van der Waals surface area contributed by atoms with E-state index in [9.17, 15) is 10.1 Å². The first-order chi connectivity index (χ1) is 4.70. The van der Waals surface area contributed by atoms with E-state index in [0.717, 1.165) is 4.47 Å². The third-order valence-corrected chi connectivity index (χ3v) is 1.51. The highest BCUT2D eigenvalue weighted by Gasteiger charge is 2.02. The van der Waals surface area contributed by atoms with Gasteiger partial charge in [0.25, 0.3) is 5.69 Å².